The normalized spacial score (nSPS) is 15.3. The van der Waals surface area contributed by atoms with Crippen molar-refractivity contribution in [3.8, 4) is 27.7 Å². The van der Waals surface area contributed by atoms with E-state index in [0.29, 0.717) is 12.3 Å². The van der Waals surface area contributed by atoms with Crippen LogP contribution in [-0.2, 0) is 11.3 Å². The molecular formula is C28H21N3O2S. The van der Waals surface area contributed by atoms with Gasteiger partial charge in [0.2, 0.25) is 0 Å². The Balaban J connectivity index is 1.40. The lowest BCUT2D eigenvalue weighted by molar-refractivity contribution is -0.125. The molecule has 0 saturated carbocycles. The molecular weight excluding hydrogens is 442 g/mol. The van der Waals surface area contributed by atoms with Gasteiger partial charge in [-0.2, -0.15) is 0 Å². The second-order valence-electron chi connectivity index (χ2n) is 8.26. The zero-order valence-corrected chi connectivity index (χ0v) is 19.3. The maximum Gasteiger partial charge on any atom is 0.268 e. The molecule has 166 valence electrons. The summed E-state index contributed by atoms with van der Waals surface area (Å²) in [5.74, 6) is 0.654. The van der Waals surface area contributed by atoms with Crippen molar-refractivity contribution in [1.82, 2.24) is 9.97 Å². The number of pyridine rings is 1. The Kier molecular flexibility index (Phi) is 5.08. The summed E-state index contributed by atoms with van der Waals surface area (Å²) >= 11 is 1.56. The fraction of sp³-hybridized carbons (Fsp3) is 0.107. The molecule has 34 heavy (non-hydrogen) atoms. The largest absolute Gasteiger partial charge is 0.479 e. The van der Waals surface area contributed by atoms with E-state index < -0.39 is 6.10 Å². The van der Waals surface area contributed by atoms with Gasteiger partial charge >= 0.3 is 0 Å². The van der Waals surface area contributed by atoms with Crippen molar-refractivity contribution in [1.29, 1.82) is 0 Å². The zero-order valence-electron chi connectivity index (χ0n) is 18.5. The number of aromatic nitrogens is 2. The minimum absolute atomic E-state index is 0.0509. The molecule has 0 fully saturated rings. The summed E-state index contributed by atoms with van der Waals surface area (Å²) in [5, 5.41) is 5.19. The molecule has 2 aromatic heterocycles. The van der Waals surface area contributed by atoms with Gasteiger partial charge in [-0.3, -0.25) is 9.78 Å². The summed E-state index contributed by atoms with van der Waals surface area (Å²) in [6, 6.07) is 26.2. The first kappa shape index (κ1) is 20.6. The van der Waals surface area contributed by atoms with Crippen LogP contribution in [0.1, 0.15) is 12.5 Å². The lowest BCUT2D eigenvalue weighted by atomic mass is 10.0. The molecule has 0 bridgehead atoms. The predicted octanol–water partition coefficient (Wildman–Crippen LogP) is 6.34. The molecule has 0 saturated heterocycles. The van der Waals surface area contributed by atoms with Crippen LogP contribution in [-0.4, -0.2) is 22.0 Å². The van der Waals surface area contributed by atoms with E-state index in [2.05, 4.69) is 29.2 Å². The van der Waals surface area contributed by atoms with Crippen LogP contribution in [0.2, 0.25) is 0 Å². The molecule has 3 heterocycles. The third-order valence-electron chi connectivity index (χ3n) is 6.06. The van der Waals surface area contributed by atoms with Gasteiger partial charge in [0.25, 0.3) is 5.91 Å². The van der Waals surface area contributed by atoms with Crippen molar-refractivity contribution >= 4 is 33.7 Å². The first-order chi connectivity index (χ1) is 16.7. The highest BCUT2D eigenvalue weighted by molar-refractivity contribution is 7.13. The van der Waals surface area contributed by atoms with Crippen LogP contribution >= 0.6 is 11.3 Å². The van der Waals surface area contributed by atoms with Crippen molar-refractivity contribution in [2.75, 3.05) is 4.90 Å². The summed E-state index contributed by atoms with van der Waals surface area (Å²) < 4.78 is 5.95. The molecule has 5 nitrogen and oxygen atoms in total. The maximum atomic E-state index is 13.2. The van der Waals surface area contributed by atoms with Gasteiger partial charge in [0, 0.05) is 17.1 Å². The molecule has 6 rings (SSSR count). The number of ether oxygens (including phenoxy) is 1. The Morgan fingerprint density at radius 3 is 2.71 bits per heavy atom. The van der Waals surface area contributed by atoms with Gasteiger partial charge in [0.15, 0.2) is 6.10 Å². The Labute approximate surface area is 201 Å². The van der Waals surface area contributed by atoms with Gasteiger partial charge < -0.3 is 9.64 Å². The van der Waals surface area contributed by atoms with Gasteiger partial charge in [-0.25, -0.2) is 4.98 Å². The van der Waals surface area contributed by atoms with E-state index in [-0.39, 0.29) is 5.91 Å². The van der Waals surface area contributed by atoms with Crippen LogP contribution < -0.4 is 9.64 Å². The Morgan fingerprint density at radius 2 is 1.82 bits per heavy atom. The molecule has 0 radical (unpaired) electrons. The fourth-order valence-electron chi connectivity index (χ4n) is 4.34. The van der Waals surface area contributed by atoms with Crippen molar-refractivity contribution in [2.24, 2.45) is 0 Å². The highest BCUT2D eigenvalue weighted by Crippen LogP contribution is 2.39. The average molecular weight is 464 g/mol. The number of rotatable bonds is 4. The van der Waals surface area contributed by atoms with Gasteiger partial charge in [-0.15, -0.1) is 11.3 Å². The quantitative estimate of drug-likeness (QED) is 0.312. The van der Waals surface area contributed by atoms with Crippen LogP contribution in [0.4, 0.5) is 5.69 Å². The molecule has 0 N–H and O–H groups in total. The number of carbonyl (C=O) groups excluding carboxylic acids is 1. The zero-order chi connectivity index (χ0) is 23.1. The van der Waals surface area contributed by atoms with Crippen molar-refractivity contribution in [2.45, 2.75) is 19.6 Å². The Hall–Kier alpha value is -4.03. The predicted molar refractivity (Wildman–Crippen MR) is 136 cm³/mol. The first-order valence-electron chi connectivity index (χ1n) is 11.1. The van der Waals surface area contributed by atoms with E-state index >= 15 is 0 Å². The van der Waals surface area contributed by atoms with Gasteiger partial charge in [0.1, 0.15) is 10.8 Å². The third-order valence-corrected chi connectivity index (χ3v) is 6.92. The lowest BCUT2D eigenvalue weighted by Gasteiger charge is -2.33. The average Bonchev–Trinajstić information content (AvgIpc) is 3.38. The van der Waals surface area contributed by atoms with Crippen LogP contribution in [0.5, 0.6) is 5.75 Å². The summed E-state index contributed by atoms with van der Waals surface area (Å²) in [6.45, 7) is 2.27. The summed E-state index contributed by atoms with van der Waals surface area (Å²) in [5.41, 5.74) is 4.50. The van der Waals surface area contributed by atoms with Crippen LogP contribution in [0, 0.1) is 0 Å². The molecule has 0 aliphatic carbocycles. The van der Waals surface area contributed by atoms with Crippen molar-refractivity contribution in [3.63, 3.8) is 0 Å². The van der Waals surface area contributed by atoms with Crippen LogP contribution in [0.25, 0.3) is 32.7 Å². The van der Waals surface area contributed by atoms with E-state index in [1.54, 1.807) is 24.5 Å². The van der Waals surface area contributed by atoms with Gasteiger partial charge in [-0.05, 0) is 53.6 Å². The number of hydrogen-bond donors (Lipinski definition) is 0. The van der Waals surface area contributed by atoms with E-state index in [4.69, 9.17) is 9.72 Å². The van der Waals surface area contributed by atoms with Gasteiger partial charge in [-0.1, -0.05) is 48.5 Å². The number of fused-ring (bicyclic) bond motifs is 2. The number of benzene rings is 3. The van der Waals surface area contributed by atoms with E-state index in [9.17, 15) is 4.79 Å². The van der Waals surface area contributed by atoms with Gasteiger partial charge in [0.05, 0.1) is 23.6 Å². The van der Waals surface area contributed by atoms with E-state index in [1.807, 2.05) is 64.9 Å². The molecule has 1 amide bonds. The van der Waals surface area contributed by atoms with Crippen molar-refractivity contribution < 1.29 is 9.53 Å². The van der Waals surface area contributed by atoms with Crippen LogP contribution in [0.3, 0.4) is 0 Å². The monoisotopic (exact) mass is 463 g/mol. The Morgan fingerprint density at radius 1 is 0.971 bits per heavy atom. The number of anilines is 1. The van der Waals surface area contributed by atoms with E-state index in [1.165, 1.54) is 0 Å². The molecule has 1 aliphatic rings. The Bertz CT molecular complexity index is 1510. The minimum Gasteiger partial charge on any atom is -0.479 e. The number of amides is 1. The third kappa shape index (κ3) is 3.62. The molecule has 6 heteroatoms. The lowest BCUT2D eigenvalue weighted by Crippen LogP contribution is -2.44. The summed E-state index contributed by atoms with van der Waals surface area (Å²) in [6.07, 6.45) is 1.23. The highest BCUT2D eigenvalue weighted by Gasteiger charge is 2.32. The SMILES string of the molecule is CC1Oc2ccc(-c3csc(-c4ccccn4)n3)cc2N(Cc2cccc3ccccc23)C1=O. The van der Waals surface area contributed by atoms with Crippen molar-refractivity contribution in [3.05, 3.63) is 96.0 Å². The van der Waals surface area contributed by atoms with Crippen LogP contribution in [0.15, 0.2) is 90.4 Å². The minimum atomic E-state index is -0.539. The number of nitrogens with zero attached hydrogens (tertiary/aromatic N) is 3. The summed E-state index contributed by atoms with van der Waals surface area (Å²) in [7, 11) is 0. The second-order valence-corrected chi connectivity index (χ2v) is 9.12. The molecule has 3 aromatic carbocycles. The summed E-state index contributed by atoms with van der Waals surface area (Å²) in [4.78, 5) is 24.3. The molecule has 0 spiro atoms. The highest BCUT2D eigenvalue weighted by atomic mass is 32.1. The second kappa shape index (κ2) is 8.39. The topological polar surface area (TPSA) is 55.3 Å². The molecule has 1 atom stereocenters. The number of thiazole rings is 1. The fourth-order valence-corrected chi connectivity index (χ4v) is 5.15. The van der Waals surface area contributed by atoms with E-state index in [0.717, 1.165) is 44.0 Å². The molecule has 1 unspecified atom stereocenters. The maximum absolute atomic E-state index is 13.2. The molecule has 5 aromatic rings. The number of carbonyl (C=O) groups is 1. The standard InChI is InChI=1S/C28H21N3O2S/c1-18-28(32)31(16-21-9-6-8-19-7-2-3-10-22(19)21)25-15-20(12-13-26(25)33-18)24-17-34-27(30-24)23-11-4-5-14-29-23/h2-15,17-18H,16H2,1H3. The molecule has 1 aliphatic heterocycles. The number of hydrogen-bond acceptors (Lipinski definition) is 5. The first-order valence-corrected chi connectivity index (χ1v) is 12.0. The smallest absolute Gasteiger partial charge is 0.268 e.